The molecule has 5 nitrogen and oxygen atoms in total. The number of carboxylic acid groups (broad SMARTS) is 1. The number of hydrogen-bond donors (Lipinski definition) is 2. The molecule has 126 valence electrons. The second-order valence-electron chi connectivity index (χ2n) is 6.40. The quantitative estimate of drug-likeness (QED) is 0.845. The Balaban J connectivity index is 1.95. The Morgan fingerprint density at radius 1 is 1.26 bits per heavy atom. The molecule has 0 aromatic heterocycles. The molecule has 0 bridgehead atoms. The van der Waals surface area contributed by atoms with Crippen molar-refractivity contribution in [1.29, 1.82) is 0 Å². The van der Waals surface area contributed by atoms with Gasteiger partial charge in [-0.1, -0.05) is 31.4 Å². The van der Waals surface area contributed by atoms with Crippen LogP contribution >= 0.6 is 0 Å². The summed E-state index contributed by atoms with van der Waals surface area (Å²) in [7, 11) is 1.60. The summed E-state index contributed by atoms with van der Waals surface area (Å²) in [5.74, 6) is -0.193. The number of carbonyl (C=O) groups is 2. The third kappa shape index (κ3) is 4.24. The van der Waals surface area contributed by atoms with Gasteiger partial charge in [0.05, 0.1) is 18.9 Å². The highest BCUT2D eigenvalue weighted by atomic mass is 16.5. The predicted molar refractivity (Wildman–Crippen MR) is 87.6 cm³/mol. The monoisotopic (exact) mass is 319 g/mol. The third-order valence-corrected chi connectivity index (χ3v) is 4.73. The fraction of sp³-hybridized carbons (Fsp3) is 0.556. The lowest BCUT2D eigenvalue weighted by Crippen LogP contribution is -2.44. The molecule has 0 spiro atoms. The van der Waals surface area contributed by atoms with Crippen molar-refractivity contribution in [3.05, 3.63) is 29.3 Å². The van der Waals surface area contributed by atoms with E-state index in [0.29, 0.717) is 12.8 Å². The minimum absolute atomic E-state index is 0.151. The lowest BCUT2D eigenvalue weighted by atomic mass is 9.74. The minimum atomic E-state index is -0.797. The maximum atomic E-state index is 12.2. The van der Waals surface area contributed by atoms with E-state index in [1.54, 1.807) is 7.11 Å². The third-order valence-electron chi connectivity index (χ3n) is 4.73. The van der Waals surface area contributed by atoms with E-state index in [4.69, 9.17) is 4.74 Å². The van der Waals surface area contributed by atoms with Gasteiger partial charge in [-0.3, -0.25) is 9.59 Å². The zero-order chi connectivity index (χ0) is 16.9. The first kappa shape index (κ1) is 17.3. The summed E-state index contributed by atoms with van der Waals surface area (Å²) in [6.07, 6.45) is 4.41. The SMILES string of the molecule is COc1cc(CC(=O)NCC2(C(=O)O)CCCCC2)ccc1C. The van der Waals surface area contributed by atoms with Crippen molar-refractivity contribution in [3.8, 4) is 5.75 Å². The summed E-state index contributed by atoms with van der Waals surface area (Å²) in [6, 6.07) is 5.66. The van der Waals surface area contributed by atoms with Crippen molar-refractivity contribution in [1.82, 2.24) is 5.32 Å². The molecule has 1 amide bonds. The number of carboxylic acids is 1. The number of aliphatic carboxylic acids is 1. The van der Waals surface area contributed by atoms with Gasteiger partial charge in [-0.2, -0.15) is 0 Å². The average Bonchev–Trinajstić information content (AvgIpc) is 2.55. The summed E-state index contributed by atoms with van der Waals surface area (Å²) in [6.45, 7) is 2.16. The number of methoxy groups -OCH3 is 1. The Bertz CT molecular complexity index is 576. The van der Waals surface area contributed by atoms with Crippen LogP contribution in [0.25, 0.3) is 0 Å². The maximum Gasteiger partial charge on any atom is 0.311 e. The van der Waals surface area contributed by atoms with Gasteiger partial charge in [0.1, 0.15) is 5.75 Å². The largest absolute Gasteiger partial charge is 0.496 e. The first-order chi connectivity index (χ1) is 11.0. The lowest BCUT2D eigenvalue weighted by molar-refractivity contribution is -0.151. The van der Waals surface area contributed by atoms with Crippen molar-refractivity contribution < 1.29 is 19.4 Å². The number of hydrogen-bond acceptors (Lipinski definition) is 3. The van der Waals surface area contributed by atoms with Crippen molar-refractivity contribution in [3.63, 3.8) is 0 Å². The summed E-state index contributed by atoms with van der Waals surface area (Å²) >= 11 is 0. The molecule has 1 aromatic carbocycles. The fourth-order valence-corrected chi connectivity index (χ4v) is 3.18. The van der Waals surface area contributed by atoms with Gasteiger partial charge in [0.2, 0.25) is 5.91 Å². The molecule has 2 N–H and O–H groups in total. The molecule has 1 aromatic rings. The Labute approximate surface area is 137 Å². The van der Waals surface area contributed by atoms with Gasteiger partial charge < -0.3 is 15.2 Å². The molecule has 0 aliphatic heterocycles. The van der Waals surface area contributed by atoms with E-state index in [1.165, 1.54) is 0 Å². The predicted octanol–water partition coefficient (Wildman–Crippen LogP) is 2.70. The molecule has 0 heterocycles. The smallest absolute Gasteiger partial charge is 0.311 e. The van der Waals surface area contributed by atoms with E-state index >= 15 is 0 Å². The van der Waals surface area contributed by atoms with E-state index in [9.17, 15) is 14.7 Å². The standard InChI is InChI=1S/C18H25NO4/c1-13-6-7-14(10-15(13)23-2)11-16(20)19-12-18(17(21)22)8-4-3-5-9-18/h6-7,10H,3-5,8-9,11-12H2,1-2H3,(H,19,20)(H,21,22). The number of amides is 1. The van der Waals surface area contributed by atoms with Crippen LogP contribution in [0.1, 0.15) is 43.2 Å². The molecule has 1 aliphatic carbocycles. The van der Waals surface area contributed by atoms with Gasteiger partial charge in [0.25, 0.3) is 0 Å². The Morgan fingerprint density at radius 2 is 1.96 bits per heavy atom. The number of ether oxygens (including phenoxy) is 1. The fourth-order valence-electron chi connectivity index (χ4n) is 3.18. The van der Waals surface area contributed by atoms with Crippen molar-refractivity contribution in [2.45, 2.75) is 45.4 Å². The molecular formula is C18H25NO4. The summed E-state index contributed by atoms with van der Waals surface area (Å²) in [4.78, 5) is 23.8. The van der Waals surface area contributed by atoms with E-state index < -0.39 is 11.4 Å². The first-order valence-corrected chi connectivity index (χ1v) is 8.10. The second kappa shape index (κ2) is 7.49. The topological polar surface area (TPSA) is 75.6 Å². The van der Waals surface area contributed by atoms with Crippen LogP contribution < -0.4 is 10.1 Å². The van der Waals surface area contributed by atoms with Crippen LogP contribution in [0.15, 0.2) is 18.2 Å². The molecular weight excluding hydrogens is 294 g/mol. The molecule has 2 rings (SSSR count). The molecule has 0 unspecified atom stereocenters. The number of carbonyl (C=O) groups excluding carboxylic acids is 1. The zero-order valence-electron chi connectivity index (χ0n) is 13.9. The normalized spacial score (nSPS) is 16.6. The molecule has 23 heavy (non-hydrogen) atoms. The van der Waals surface area contributed by atoms with E-state index in [0.717, 1.165) is 36.1 Å². The van der Waals surface area contributed by atoms with Gasteiger partial charge in [-0.05, 0) is 37.0 Å². The molecule has 0 atom stereocenters. The van der Waals surface area contributed by atoms with Crippen LogP contribution in [-0.4, -0.2) is 30.6 Å². The molecule has 5 heteroatoms. The first-order valence-electron chi connectivity index (χ1n) is 8.10. The summed E-state index contributed by atoms with van der Waals surface area (Å²) in [5, 5.41) is 12.3. The average molecular weight is 319 g/mol. The van der Waals surface area contributed by atoms with Crippen LogP contribution in [-0.2, 0) is 16.0 Å². The Hall–Kier alpha value is -2.04. The van der Waals surface area contributed by atoms with Gasteiger partial charge in [0, 0.05) is 6.54 Å². The minimum Gasteiger partial charge on any atom is -0.496 e. The highest BCUT2D eigenvalue weighted by Crippen LogP contribution is 2.36. The van der Waals surface area contributed by atoms with Crippen molar-refractivity contribution in [2.24, 2.45) is 5.41 Å². The van der Waals surface area contributed by atoms with Crippen LogP contribution in [0.4, 0.5) is 0 Å². The molecule has 0 saturated heterocycles. The van der Waals surface area contributed by atoms with Gasteiger partial charge in [-0.15, -0.1) is 0 Å². The highest BCUT2D eigenvalue weighted by molar-refractivity contribution is 5.80. The molecule has 1 fully saturated rings. The van der Waals surface area contributed by atoms with Crippen LogP contribution in [0.5, 0.6) is 5.75 Å². The van der Waals surface area contributed by atoms with Gasteiger partial charge >= 0.3 is 5.97 Å². The number of rotatable bonds is 6. The highest BCUT2D eigenvalue weighted by Gasteiger charge is 2.39. The summed E-state index contributed by atoms with van der Waals surface area (Å²) < 4.78 is 5.26. The Morgan fingerprint density at radius 3 is 2.57 bits per heavy atom. The Kier molecular flexibility index (Phi) is 5.64. The van der Waals surface area contributed by atoms with Gasteiger partial charge in [-0.25, -0.2) is 0 Å². The van der Waals surface area contributed by atoms with E-state index in [2.05, 4.69) is 5.32 Å². The van der Waals surface area contributed by atoms with Gasteiger partial charge in [0.15, 0.2) is 0 Å². The maximum absolute atomic E-state index is 12.2. The summed E-state index contributed by atoms with van der Waals surface area (Å²) in [5.41, 5.74) is 1.08. The van der Waals surface area contributed by atoms with Crippen LogP contribution in [0.2, 0.25) is 0 Å². The molecule has 0 radical (unpaired) electrons. The zero-order valence-corrected chi connectivity index (χ0v) is 13.9. The van der Waals surface area contributed by atoms with Crippen molar-refractivity contribution in [2.75, 3.05) is 13.7 Å². The molecule has 1 saturated carbocycles. The number of nitrogens with one attached hydrogen (secondary N) is 1. The van der Waals surface area contributed by atoms with E-state index in [-0.39, 0.29) is 18.9 Å². The molecule has 1 aliphatic rings. The second-order valence-corrected chi connectivity index (χ2v) is 6.40. The van der Waals surface area contributed by atoms with Crippen LogP contribution in [0, 0.1) is 12.3 Å². The van der Waals surface area contributed by atoms with Crippen molar-refractivity contribution >= 4 is 11.9 Å². The number of aryl methyl sites for hydroxylation is 1. The number of benzene rings is 1. The van der Waals surface area contributed by atoms with Crippen LogP contribution in [0.3, 0.4) is 0 Å². The van der Waals surface area contributed by atoms with E-state index in [1.807, 2.05) is 25.1 Å². The lowest BCUT2D eigenvalue weighted by Gasteiger charge is -2.33.